The van der Waals surface area contributed by atoms with Gasteiger partial charge in [-0.2, -0.15) is 14.9 Å². The molecule has 0 saturated heterocycles. The molecular weight excluding hydrogens is 268 g/mol. The van der Waals surface area contributed by atoms with E-state index >= 15 is 0 Å². The zero-order valence-electron chi connectivity index (χ0n) is 10.3. The van der Waals surface area contributed by atoms with Crippen molar-refractivity contribution < 1.29 is 9.53 Å². The third-order valence-electron chi connectivity index (χ3n) is 2.29. The zero-order valence-corrected chi connectivity index (χ0v) is 11.1. The summed E-state index contributed by atoms with van der Waals surface area (Å²) in [6.07, 6.45) is 0. The van der Waals surface area contributed by atoms with Gasteiger partial charge in [0, 0.05) is 11.8 Å². The average molecular weight is 278 g/mol. The van der Waals surface area contributed by atoms with Crippen molar-refractivity contribution in [2.45, 2.75) is 19.8 Å². The first-order chi connectivity index (χ1) is 9.06. The lowest BCUT2D eigenvalue weighted by Gasteiger charge is -2.03. The molecule has 0 aliphatic carbocycles. The largest absolute Gasteiger partial charge is 0.465 e. The summed E-state index contributed by atoms with van der Waals surface area (Å²) in [6, 6.07) is 3.16. The Morgan fingerprint density at radius 3 is 3.05 bits per heavy atom. The van der Waals surface area contributed by atoms with Crippen molar-refractivity contribution in [1.82, 2.24) is 14.6 Å². The van der Waals surface area contributed by atoms with Gasteiger partial charge in [-0.25, -0.2) is 4.98 Å². The van der Waals surface area contributed by atoms with Gasteiger partial charge in [0.1, 0.15) is 5.01 Å². The summed E-state index contributed by atoms with van der Waals surface area (Å²) in [5.74, 6) is -1.81. The molecule has 2 aromatic rings. The summed E-state index contributed by atoms with van der Waals surface area (Å²) in [5, 5.41) is 13.2. The number of rotatable bonds is 3. The molecule has 0 unspecified atom stereocenters. The van der Waals surface area contributed by atoms with Crippen LogP contribution in [0, 0.1) is 18.3 Å². The molecule has 0 fully saturated rings. The Bertz CT molecular complexity index is 728. The van der Waals surface area contributed by atoms with E-state index in [-0.39, 0.29) is 17.2 Å². The van der Waals surface area contributed by atoms with Gasteiger partial charge in [0.15, 0.2) is 5.92 Å². The number of ether oxygens (including phenoxy) is 1. The summed E-state index contributed by atoms with van der Waals surface area (Å²) in [5.41, 5.74) is 0.218. The topological polar surface area (TPSA) is 97.4 Å². The highest BCUT2D eigenvalue weighted by atomic mass is 32.1. The van der Waals surface area contributed by atoms with Gasteiger partial charge in [-0.15, -0.1) is 0 Å². The van der Waals surface area contributed by atoms with E-state index in [1.807, 2.05) is 6.07 Å². The van der Waals surface area contributed by atoms with Crippen molar-refractivity contribution in [3.05, 3.63) is 27.1 Å². The van der Waals surface area contributed by atoms with Crippen LogP contribution in [0.3, 0.4) is 0 Å². The van der Waals surface area contributed by atoms with E-state index in [1.54, 1.807) is 13.8 Å². The van der Waals surface area contributed by atoms with Crippen molar-refractivity contribution in [3.8, 4) is 6.07 Å². The SMILES string of the molecule is CCOC(=O)[C@H](C#N)c1nn2c(=O)cc(C)nc2s1. The molecule has 0 spiro atoms. The fraction of sp³-hybridized carbons (Fsp3) is 0.364. The monoisotopic (exact) mass is 278 g/mol. The molecule has 8 heteroatoms. The van der Waals surface area contributed by atoms with Crippen molar-refractivity contribution >= 4 is 22.3 Å². The predicted molar refractivity (Wildman–Crippen MR) is 66.9 cm³/mol. The minimum Gasteiger partial charge on any atom is -0.465 e. The molecule has 0 aliphatic rings. The lowest BCUT2D eigenvalue weighted by molar-refractivity contribution is -0.143. The van der Waals surface area contributed by atoms with Crippen molar-refractivity contribution in [3.63, 3.8) is 0 Å². The average Bonchev–Trinajstić information content (AvgIpc) is 2.74. The quantitative estimate of drug-likeness (QED) is 0.764. The number of nitrogens with zero attached hydrogens (tertiary/aromatic N) is 4. The third-order valence-corrected chi connectivity index (χ3v) is 3.26. The van der Waals surface area contributed by atoms with Crippen LogP contribution >= 0.6 is 11.3 Å². The summed E-state index contributed by atoms with van der Waals surface area (Å²) >= 11 is 1.03. The number of fused-ring (bicyclic) bond motifs is 1. The molecule has 7 nitrogen and oxygen atoms in total. The van der Waals surface area contributed by atoms with E-state index in [4.69, 9.17) is 10.00 Å². The number of aryl methyl sites for hydroxylation is 1. The van der Waals surface area contributed by atoms with Crippen LogP contribution in [0.5, 0.6) is 0 Å². The third kappa shape index (κ3) is 2.46. The van der Waals surface area contributed by atoms with Crippen LogP contribution in [0.15, 0.2) is 10.9 Å². The van der Waals surface area contributed by atoms with Crippen molar-refractivity contribution in [2.24, 2.45) is 0 Å². The Hall–Kier alpha value is -2.27. The number of carbonyl (C=O) groups is 1. The summed E-state index contributed by atoms with van der Waals surface area (Å²) in [7, 11) is 0. The molecule has 2 rings (SSSR count). The number of esters is 1. The number of hydrogen-bond acceptors (Lipinski definition) is 7. The van der Waals surface area contributed by atoms with Crippen LogP contribution in [0.25, 0.3) is 4.96 Å². The lowest BCUT2D eigenvalue weighted by Crippen LogP contribution is -2.17. The van der Waals surface area contributed by atoms with Gasteiger partial charge in [0.2, 0.25) is 4.96 Å². The van der Waals surface area contributed by atoms with Crippen LogP contribution in [0.4, 0.5) is 0 Å². The second-order valence-corrected chi connectivity index (χ2v) is 4.67. The summed E-state index contributed by atoms with van der Waals surface area (Å²) < 4.78 is 5.88. The molecule has 0 N–H and O–H groups in total. The summed E-state index contributed by atoms with van der Waals surface area (Å²) in [6.45, 7) is 3.52. The van der Waals surface area contributed by atoms with Gasteiger partial charge < -0.3 is 4.74 Å². The molecule has 19 heavy (non-hydrogen) atoms. The molecule has 0 aromatic carbocycles. The maximum absolute atomic E-state index is 11.7. The number of hydrogen-bond donors (Lipinski definition) is 0. The van der Waals surface area contributed by atoms with Crippen LogP contribution < -0.4 is 5.56 Å². The van der Waals surface area contributed by atoms with Gasteiger partial charge in [0.05, 0.1) is 12.7 Å². The molecule has 0 amide bonds. The molecule has 0 bridgehead atoms. The van der Waals surface area contributed by atoms with Crippen LogP contribution in [0.1, 0.15) is 23.5 Å². The Morgan fingerprint density at radius 2 is 2.42 bits per heavy atom. The Balaban J connectivity index is 2.51. The number of aromatic nitrogens is 3. The number of carbonyl (C=O) groups excluding carboxylic acids is 1. The van der Waals surface area contributed by atoms with Crippen LogP contribution in [-0.2, 0) is 9.53 Å². The van der Waals surface area contributed by atoms with Gasteiger partial charge >= 0.3 is 5.97 Å². The van der Waals surface area contributed by atoms with E-state index in [0.717, 1.165) is 15.9 Å². The Kier molecular flexibility index (Phi) is 3.57. The maximum Gasteiger partial charge on any atom is 0.330 e. The lowest BCUT2D eigenvalue weighted by atomic mass is 10.2. The van der Waals surface area contributed by atoms with E-state index in [0.29, 0.717) is 10.7 Å². The van der Waals surface area contributed by atoms with Crippen LogP contribution in [-0.4, -0.2) is 27.2 Å². The fourth-order valence-electron chi connectivity index (χ4n) is 1.49. The second-order valence-electron chi connectivity index (χ2n) is 3.68. The first-order valence-corrected chi connectivity index (χ1v) is 6.32. The van der Waals surface area contributed by atoms with Gasteiger partial charge in [-0.05, 0) is 13.8 Å². The van der Waals surface area contributed by atoms with E-state index in [1.165, 1.54) is 6.07 Å². The fourth-order valence-corrected chi connectivity index (χ4v) is 2.47. The maximum atomic E-state index is 11.7. The van der Waals surface area contributed by atoms with E-state index < -0.39 is 11.9 Å². The highest BCUT2D eigenvalue weighted by molar-refractivity contribution is 7.16. The predicted octanol–water partition coefficient (Wildman–Crippen LogP) is 0.630. The summed E-state index contributed by atoms with van der Waals surface area (Å²) in [4.78, 5) is 27.8. The molecular formula is C11H10N4O3S. The smallest absolute Gasteiger partial charge is 0.330 e. The van der Waals surface area contributed by atoms with Gasteiger partial charge in [0.25, 0.3) is 5.56 Å². The van der Waals surface area contributed by atoms with Gasteiger partial charge in [-0.1, -0.05) is 11.3 Å². The minimum absolute atomic E-state index is 0.180. The molecule has 1 atom stereocenters. The zero-order chi connectivity index (χ0) is 14.0. The van der Waals surface area contributed by atoms with E-state index in [9.17, 15) is 9.59 Å². The Labute approximate surface area is 112 Å². The highest BCUT2D eigenvalue weighted by Gasteiger charge is 2.26. The normalized spacial score (nSPS) is 12.1. The second kappa shape index (κ2) is 5.16. The minimum atomic E-state index is -1.13. The molecule has 0 radical (unpaired) electrons. The number of nitriles is 1. The molecule has 2 aromatic heterocycles. The highest BCUT2D eigenvalue weighted by Crippen LogP contribution is 2.21. The van der Waals surface area contributed by atoms with E-state index in [2.05, 4.69) is 10.1 Å². The molecule has 0 aliphatic heterocycles. The Morgan fingerprint density at radius 1 is 1.68 bits per heavy atom. The standard InChI is InChI=1S/C11H10N4O3S/c1-3-18-10(17)7(5-12)9-14-15-8(16)4-6(2)13-11(15)19-9/h4,7H,3H2,1-2H3/t7-/m1/s1. The van der Waals surface area contributed by atoms with Gasteiger partial charge in [-0.3, -0.25) is 9.59 Å². The first kappa shape index (κ1) is 13.2. The molecule has 98 valence electrons. The molecule has 2 heterocycles. The first-order valence-electron chi connectivity index (χ1n) is 5.50. The van der Waals surface area contributed by atoms with Crippen LogP contribution in [0.2, 0.25) is 0 Å². The van der Waals surface area contributed by atoms with Crippen molar-refractivity contribution in [1.29, 1.82) is 5.26 Å². The van der Waals surface area contributed by atoms with Crippen molar-refractivity contribution in [2.75, 3.05) is 6.61 Å². The molecule has 0 saturated carbocycles.